The van der Waals surface area contributed by atoms with Crippen LogP contribution in [0.15, 0.2) is 76.3 Å². The van der Waals surface area contributed by atoms with Crippen molar-refractivity contribution in [2.75, 3.05) is 7.04 Å². The Morgan fingerprint density at radius 1 is 0.974 bits per heavy atom. The van der Waals surface area contributed by atoms with Gasteiger partial charge in [-0.15, -0.1) is 0 Å². The van der Waals surface area contributed by atoms with Gasteiger partial charge in [0.15, 0.2) is 11.6 Å². The van der Waals surface area contributed by atoms with Gasteiger partial charge in [0.05, 0.1) is 35.4 Å². The van der Waals surface area contributed by atoms with Crippen LogP contribution in [0.25, 0.3) is 11.1 Å². The van der Waals surface area contributed by atoms with Gasteiger partial charge in [0.1, 0.15) is 5.82 Å². The number of hydrogen-bond acceptors (Lipinski definition) is 4. The van der Waals surface area contributed by atoms with Crippen LogP contribution < -0.4 is 21.7 Å². The van der Waals surface area contributed by atoms with Gasteiger partial charge >= 0.3 is 11.9 Å². The van der Waals surface area contributed by atoms with Crippen molar-refractivity contribution in [1.29, 1.82) is 0 Å². The summed E-state index contributed by atoms with van der Waals surface area (Å²) in [5.74, 6) is -3.25. The molecule has 3 aromatic carbocycles. The number of rotatable bonds is 7. The van der Waals surface area contributed by atoms with E-state index in [9.17, 15) is 27.2 Å². The standard InChI is InChI=1S/C28H24F5N3O3/c1-16-24(18-10-6-13-23(39-2)25(18)30)26(37)36(15-22(34)17-8-4-3-5-9-17)27(38)35(16)14-19-20(28(31,32)33)11-7-12-21(19)29/h3-13,22H,14-15,34H2,1-2H3/t22-/m0/s1/i2D3. The summed E-state index contributed by atoms with van der Waals surface area (Å²) in [5, 5.41) is 0. The molecule has 1 heterocycles. The van der Waals surface area contributed by atoms with Gasteiger partial charge in [-0.2, -0.15) is 13.2 Å². The van der Waals surface area contributed by atoms with E-state index in [1.54, 1.807) is 30.3 Å². The number of hydrogen-bond donors (Lipinski definition) is 1. The largest absolute Gasteiger partial charge is 0.494 e. The molecule has 0 unspecified atom stereocenters. The third kappa shape index (κ3) is 5.35. The summed E-state index contributed by atoms with van der Waals surface area (Å²) in [7, 11) is -3.05. The molecular weight excluding hydrogens is 521 g/mol. The van der Waals surface area contributed by atoms with Gasteiger partial charge in [0, 0.05) is 22.9 Å². The van der Waals surface area contributed by atoms with E-state index in [1.165, 1.54) is 13.0 Å². The molecule has 1 aromatic heterocycles. The minimum atomic E-state index is -4.98. The highest BCUT2D eigenvalue weighted by molar-refractivity contribution is 5.67. The highest BCUT2D eigenvalue weighted by Crippen LogP contribution is 2.34. The summed E-state index contributed by atoms with van der Waals surface area (Å²) in [6.45, 7) is -0.247. The molecule has 0 saturated carbocycles. The van der Waals surface area contributed by atoms with Crippen molar-refractivity contribution in [1.82, 2.24) is 9.13 Å². The van der Waals surface area contributed by atoms with Crippen molar-refractivity contribution < 1.29 is 30.8 Å². The number of ether oxygens (including phenoxy) is 1. The van der Waals surface area contributed by atoms with Crippen molar-refractivity contribution in [3.8, 4) is 16.9 Å². The van der Waals surface area contributed by atoms with Crippen LogP contribution in [0.4, 0.5) is 22.0 Å². The molecule has 0 aliphatic heterocycles. The quantitative estimate of drug-likeness (QED) is 0.329. The Hall–Kier alpha value is -4.25. The van der Waals surface area contributed by atoms with Crippen LogP contribution in [-0.2, 0) is 19.3 Å². The lowest BCUT2D eigenvalue weighted by molar-refractivity contribution is -0.138. The first-order valence-electron chi connectivity index (χ1n) is 13.1. The van der Waals surface area contributed by atoms with Gasteiger partial charge in [-0.25, -0.2) is 13.6 Å². The van der Waals surface area contributed by atoms with E-state index in [4.69, 9.17) is 14.6 Å². The predicted octanol–water partition coefficient (Wildman–Crippen LogP) is 5.04. The summed E-state index contributed by atoms with van der Waals surface area (Å²) in [5.41, 5.74) is 1.13. The number of aromatic nitrogens is 2. The molecule has 0 radical (unpaired) electrons. The highest BCUT2D eigenvalue weighted by Gasteiger charge is 2.35. The van der Waals surface area contributed by atoms with Crippen LogP contribution in [0.1, 0.15) is 32.5 Å². The Bertz CT molecular complexity index is 1740. The lowest BCUT2D eigenvalue weighted by Gasteiger charge is -2.21. The first-order valence-corrected chi connectivity index (χ1v) is 11.6. The molecule has 0 fully saturated rings. The molecule has 0 amide bonds. The monoisotopic (exact) mass is 548 g/mol. The van der Waals surface area contributed by atoms with Crippen molar-refractivity contribution in [2.24, 2.45) is 5.73 Å². The first-order chi connectivity index (χ1) is 19.6. The average Bonchev–Trinajstić information content (AvgIpc) is 2.91. The molecule has 0 bridgehead atoms. The van der Waals surface area contributed by atoms with Gasteiger partial charge in [-0.05, 0) is 30.7 Å². The van der Waals surface area contributed by atoms with E-state index in [2.05, 4.69) is 0 Å². The van der Waals surface area contributed by atoms with E-state index in [0.29, 0.717) is 16.2 Å². The van der Waals surface area contributed by atoms with Gasteiger partial charge in [0.2, 0.25) is 0 Å². The summed E-state index contributed by atoms with van der Waals surface area (Å²) >= 11 is 0. The van der Waals surface area contributed by atoms with Gasteiger partial charge in [-0.3, -0.25) is 13.9 Å². The smallest absolute Gasteiger partial charge is 0.416 e. The van der Waals surface area contributed by atoms with Gasteiger partial charge in [0.25, 0.3) is 5.56 Å². The molecule has 0 aliphatic rings. The molecular formula is C28H24F5N3O3. The maximum absolute atomic E-state index is 15.6. The fourth-order valence-electron chi connectivity index (χ4n) is 4.39. The fraction of sp³-hybridized carbons (Fsp3) is 0.214. The van der Waals surface area contributed by atoms with Crippen LogP contribution in [-0.4, -0.2) is 16.2 Å². The van der Waals surface area contributed by atoms with Crippen LogP contribution >= 0.6 is 0 Å². The third-order valence-electron chi connectivity index (χ3n) is 6.38. The first kappa shape index (κ1) is 23.8. The van der Waals surface area contributed by atoms with E-state index in [-0.39, 0.29) is 5.69 Å². The fourth-order valence-corrected chi connectivity index (χ4v) is 4.39. The SMILES string of the molecule is [2H]C([2H])([2H])Oc1cccc(-c2c(C)n(Cc3c(F)cccc3C(F)(F)F)c(=O)n(C[C@H](N)c3ccccc3)c2=O)c1F. The lowest BCUT2D eigenvalue weighted by atomic mass is 10.0. The summed E-state index contributed by atoms with van der Waals surface area (Å²) in [4.78, 5) is 27.4. The third-order valence-corrected chi connectivity index (χ3v) is 6.38. The predicted molar refractivity (Wildman–Crippen MR) is 136 cm³/mol. The second kappa shape index (κ2) is 10.9. The number of nitrogens with zero attached hydrogens (tertiary/aromatic N) is 2. The van der Waals surface area contributed by atoms with Crippen LogP contribution in [0, 0.1) is 18.6 Å². The Morgan fingerprint density at radius 3 is 2.33 bits per heavy atom. The van der Waals surface area contributed by atoms with E-state index >= 15 is 4.39 Å². The molecule has 4 aromatic rings. The van der Waals surface area contributed by atoms with Crippen molar-refractivity contribution in [3.05, 3.63) is 122 Å². The highest BCUT2D eigenvalue weighted by atomic mass is 19.4. The summed E-state index contributed by atoms with van der Waals surface area (Å²) in [6.07, 6.45) is -4.98. The number of nitrogens with two attached hydrogens (primary N) is 1. The molecule has 0 saturated heterocycles. The number of methoxy groups -OCH3 is 1. The maximum atomic E-state index is 15.6. The second-order valence-electron chi connectivity index (χ2n) is 8.75. The molecule has 204 valence electrons. The molecule has 4 rings (SSSR count). The molecule has 2 N–H and O–H groups in total. The zero-order chi connectivity index (χ0) is 31.0. The van der Waals surface area contributed by atoms with Crippen LogP contribution in [0.3, 0.4) is 0 Å². The van der Waals surface area contributed by atoms with Crippen molar-refractivity contribution >= 4 is 0 Å². The van der Waals surface area contributed by atoms with Crippen LogP contribution in [0.2, 0.25) is 0 Å². The second-order valence-corrected chi connectivity index (χ2v) is 8.75. The Labute approximate surface area is 223 Å². The summed E-state index contributed by atoms with van der Waals surface area (Å²) in [6, 6.07) is 13.0. The normalized spacial score (nSPS) is 13.9. The van der Waals surface area contributed by atoms with Crippen molar-refractivity contribution in [3.63, 3.8) is 0 Å². The molecule has 39 heavy (non-hydrogen) atoms. The zero-order valence-corrected chi connectivity index (χ0v) is 20.4. The lowest BCUT2D eigenvalue weighted by Crippen LogP contribution is -2.44. The van der Waals surface area contributed by atoms with E-state index in [0.717, 1.165) is 28.8 Å². The van der Waals surface area contributed by atoms with Gasteiger partial charge in [-0.1, -0.05) is 48.5 Å². The topological polar surface area (TPSA) is 79.2 Å². The molecule has 0 spiro atoms. The summed E-state index contributed by atoms with van der Waals surface area (Å²) < 4.78 is 99.7. The number of alkyl halides is 3. The van der Waals surface area contributed by atoms with E-state index in [1.807, 2.05) is 0 Å². The minimum Gasteiger partial charge on any atom is -0.494 e. The number of halogens is 5. The Morgan fingerprint density at radius 2 is 1.67 bits per heavy atom. The molecule has 6 nitrogen and oxygen atoms in total. The molecule has 1 atom stereocenters. The Balaban J connectivity index is 2.00. The Kier molecular flexibility index (Phi) is 6.63. The zero-order valence-electron chi connectivity index (χ0n) is 23.4. The maximum Gasteiger partial charge on any atom is 0.416 e. The molecule has 0 aliphatic carbocycles. The van der Waals surface area contributed by atoms with E-state index < -0.39 is 83.2 Å². The average molecular weight is 549 g/mol. The number of benzene rings is 3. The molecule has 11 heteroatoms. The van der Waals surface area contributed by atoms with Crippen molar-refractivity contribution in [2.45, 2.75) is 32.2 Å². The van der Waals surface area contributed by atoms with Crippen LogP contribution in [0.5, 0.6) is 5.75 Å². The minimum absolute atomic E-state index is 0.296. The van der Waals surface area contributed by atoms with Gasteiger partial charge < -0.3 is 10.5 Å².